The Hall–Kier alpha value is -1.07. The van der Waals surface area contributed by atoms with E-state index in [1.54, 1.807) is 0 Å². The van der Waals surface area contributed by atoms with Gasteiger partial charge >= 0.3 is 0 Å². The molecule has 0 saturated carbocycles. The molecule has 0 atom stereocenters. The molecule has 1 aromatic heterocycles. The van der Waals surface area contributed by atoms with Gasteiger partial charge in [-0.05, 0) is 26.3 Å². The van der Waals surface area contributed by atoms with Crippen molar-refractivity contribution in [2.24, 2.45) is 12.8 Å². The van der Waals surface area contributed by atoms with Gasteiger partial charge in [-0.15, -0.1) is 0 Å². The molecule has 2 heterocycles. The second kappa shape index (κ2) is 5.51. The Labute approximate surface area is 103 Å². The molecule has 1 aliphatic rings. The lowest BCUT2D eigenvalue weighted by Crippen LogP contribution is -2.29. The van der Waals surface area contributed by atoms with Crippen LogP contribution in [0.4, 0.5) is 5.82 Å². The number of aryl methyl sites for hydroxylation is 2. The molecule has 0 spiro atoms. The summed E-state index contributed by atoms with van der Waals surface area (Å²) in [6.45, 7) is 6.37. The van der Waals surface area contributed by atoms with Gasteiger partial charge in [0.05, 0.1) is 12.3 Å². The van der Waals surface area contributed by atoms with Gasteiger partial charge in [-0.3, -0.25) is 4.68 Å². The predicted octanol–water partition coefficient (Wildman–Crippen LogP) is 0.456. The first-order chi connectivity index (χ1) is 8.24. The van der Waals surface area contributed by atoms with E-state index in [2.05, 4.69) is 16.9 Å². The van der Waals surface area contributed by atoms with Crippen molar-refractivity contribution in [1.82, 2.24) is 9.78 Å². The highest BCUT2D eigenvalue weighted by atomic mass is 16.5. The zero-order chi connectivity index (χ0) is 12.3. The van der Waals surface area contributed by atoms with Crippen LogP contribution in [-0.4, -0.2) is 42.6 Å². The minimum absolute atomic E-state index is 0.671. The number of aromatic nitrogens is 2. The number of nitrogens with two attached hydrogens (primary N) is 1. The quantitative estimate of drug-likeness (QED) is 0.831. The largest absolute Gasteiger partial charge is 0.380 e. The molecule has 96 valence electrons. The van der Waals surface area contributed by atoms with Crippen molar-refractivity contribution in [3.63, 3.8) is 0 Å². The molecule has 0 aliphatic carbocycles. The smallest absolute Gasteiger partial charge is 0.130 e. The van der Waals surface area contributed by atoms with Gasteiger partial charge in [-0.1, -0.05) is 0 Å². The van der Waals surface area contributed by atoms with E-state index in [0.29, 0.717) is 6.54 Å². The summed E-state index contributed by atoms with van der Waals surface area (Å²) in [7, 11) is 2.01. The molecule has 0 radical (unpaired) electrons. The number of ether oxygens (including phenoxy) is 1. The maximum absolute atomic E-state index is 5.69. The van der Waals surface area contributed by atoms with Crippen molar-refractivity contribution in [3.05, 3.63) is 11.3 Å². The molecule has 0 unspecified atom stereocenters. The Morgan fingerprint density at radius 2 is 2.18 bits per heavy atom. The summed E-state index contributed by atoms with van der Waals surface area (Å²) in [6.07, 6.45) is 1.97. The molecular weight excluding hydrogens is 216 g/mol. The lowest BCUT2D eigenvalue weighted by atomic mass is 10.1. The van der Waals surface area contributed by atoms with Crippen LogP contribution in [0, 0.1) is 6.92 Å². The van der Waals surface area contributed by atoms with E-state index in [4.69, 9.17) is 10.5 Å². The van der Waals surface area contributed by atoms with Crippen LogP contribution in [0.2, 0.25) is 0 Å². The molecular formula is C12H22N4O. The first-order valence-electron chi connectivity index (χ1n) is 6.29. The Bertz CT molecular complexity index is 367. The second-order valence-electron chi connectivity index (χ2n) is 4.50. The first kappa shape index (κ1) is 12.4. The number of anilines is 1. The van der Waals surface area contributed by atoms with Crippen molar-refractivity contribution >= 4 is 5.82 Å². The van der Waals surface area contributed by atoms with Gasteiger partial charge in [0.2, 0.25) is 0 Å². The lowest BCUT2D eigenvalue weighted by Gasteiger charge is -2.23. The number of rotatable bonds is 3. The molecule has 1 aromatic rings. The van der Waals surface area contributed by atoms with E-state index in [0.717, 1.165) is 44.8 Å². The Kier molecular flexibility index (Phi) is 4.02. The molecule has 0 bridgehead atoms. The fourth-order valence-electron chi connectivity index (χ4n) is 2.48. The van der Waals surface area contributed by atoms with Crippen molar-refractivity contribution in [1.29, 1.82) is 0 Å². The molecule has 2 N–H and O–H groups in total. The molecule has 5 heteroatoms. The van der Waals surface area contributed by atoms with Gasteiger partial charge in [-0.2, -0.15) is 5.10 Å². The van der Waals surface area contributed by atoms with Crippen molar-refractivity contribution in [2.75, 3.05) is 37.7 Å². The van der Waals surface area contributed by atoms with Gasteiger partial charge in [0.1, 0.15) is 5.82 Å². The second-order valence-corrected chi connectivity index (χ2v) is 4.50. The van der Waals surface area contributed by atoms with Crippen LogP contribution in [0.1, 0.15) is 17.7 Å². The third kappa shape index (κ3) is 2.61. The van der Waals surface area contributed by atoms with Crippen LogP contribution in [0.15, 0.2) is 0 Å². The zero-order valence-corrected chi connectivity index (χ0v) is 10.8. The zero-order valence-electron chi connectivity index (χ0n) is 10.8. The standard InChI is InChI=1S/C12H22N4O/c1-10-11(4-5-13)12(15(2)14-10)16-6-3-8-17-9-7-16/h3-9,13H2,1-2H3. The van der Waals surface area contributed by atoms with Gasteiger partial charge in [0.15, 0.2) is 0 Å². The van der Waals surface area contributed by atoms with Crippen LogP contribution >= 0.6 is 0 Å². The molecule has 1 saturated heterocycles. The van der Waals surface area contributed by atoms with Crippen LogP contribution in [0.3, 0.4) is 0 Å². The van der Waals surface area contributed by atoms with Crippen LogP contribution in [0.5, 0.6) is 0 Å². The summed E-state index contributed by atoms with van der Waals surface area (Å²) in [5, 5.41) is 4.51. The Morgan fingerprint density at radius 3 is 2.94 bits per heavy atom. The maximum atomic E-state index is 5.69. The highest BCUT2D eigenvalue weighted by Gasteiger charge is 2.19. The van der Waals surface area contributed by atoms with Gasteiger partial charge < -0.3 is 15.4 Å². The fourth-order valence-corrected chi connectivity index (χ4v) is 2.48. The van der Waals surface area contributed by atoms with E-state index in [1.807, 2.05) is 11.7 Å². The Morgan fingerprint density at radius 1 is 1.35 bits per heavy atom. The van der Waals surface area contributed by atoms with Crippen molar-refractivity contribution in [3.8, 4) is 0 Å². The lowest BCUT2D eigenvalue weighted by molar-refractivity contribution is 0.152. The molecule has 5 nitrogen and oxygen atoms in total. The van der Waals surface area contributed by atoms with Gasteiger partial charge in [-0.25, -0.2) is 0 Å². The van der Waals surface area contributed by atoms with E-state index in [-0.39, 0.29) is 0 Å². The minimum Gasteiger partial charge on any atom is -0.380 e. The average molecular weight is 238 g/mol. The molecule has 2 rings (SSSR count). The third-order valence-corrected chi connectivity index (χ3v) is 3.23. The monoisotopic (exact) mass is 238 g/mol. The predicted molar refractivity (Wildman–Crippen MR) is 68.4 cm³/mol. The molecule has 0 aromatic carbocycles. The Balaban J connectivity index is 2.28. The van der Waals surface area contributed by atoms with Crippen molar-refractivity contribution < 1.29 is 4.74 Å². The normalized spacial score (nSPS) is 17.2. The summed E-state index contributed by atoms with van der Waals surface area (Å²) in [5.74, 6) is 1.22. The van der Waals surface area contributed by atoms with E-state index in [1.165, 1.54) is 11.4 Å². The number of hydrogen-bond donors (Lipinski definition) is 1. The summed E-state index contributed by atoms with van der Waals surface area (Å²) in [4.78, 5) is 2.37. The van der Waals surface area contributed by atoms with E-state index >= 15 is 0 Å². The average Bonchev–Trinajstić information content (AvgIpc) is 2.52. The van der Waals surface area contributed by atoms with E-state index in [9.17, 15) is 0 Å². The number of nitrogens with zero attached hydrogens (tertiary/aromatic N) is 3. The summed E-state index contributed by atoms with van der Waals surface area (Å²) in [6, 6.07) is 0. The molecule has 0 amide bonds. The minimum atomic E-state index is 0.671. The molecule has 1 fully saturated rings. The topological polar surface area (TPSA) is 56.3 Å². The number of hydrogen-bond acceptors (Lipinski definition) is 4. The van der Waals surface area contributed by atoms with Crippen LogP contribution < -0.4 is 10.6 Å². The summed E-state index contributed by atoms with van der Waals surface area (Å²) < 4.78 is 7.47. The van der Waals surface area contributed by atoms with Gasteiger partial charge in [0.25, 0.3) is 0 Å². The van der Waals surface area contributed by atoms with Crippen LogP contribution in [-0.2, 0) is 18.2 Å². The highest BCUT2D eigenvalue weighted by molar-refractivity contribution is 5.50. The maximum Gasteiger partial charge on any atom is 0.130 e. The summed E-state index contributed by atoms with van der Waals surface area (Å²) >= 11 is 0. The highest BCUT2D eigenvalue weighted by Crippen LogP contribution is 2.24. The first-order valence-corrected chi connectivity index (χ1v) is 6.29. The molecule has 17 heavy (non-hydrogen) atoms. The van der Waals surface area contributed by atoms with E-state index < -0.39 is 0 Å². The third-order valence-electron chi connectivity index (χ3n) is 3.23. The van der Waals surface area contributed by atoms with Crippen LogP contribution in [0.25, 0.3) is 0 Å². The fraction of sp³-hybridized carbons (Fsp3) is 0.750. The SMILES string of the molecule is Cc1nn(C)c(N2CCCOCC2)c1CCN. The summed E-state index contributed by atoms with van der Waals surface area (Å²) in [5.41, 5.74) is 8.07. The van der Waals surface area contributed by atoms with Crippen molar-refractivity contribution in [2.45, 2.75) is 19.8 Å². The van der Waals surface area contributed by atoms with Gasteiger partial charge in [0, 0.05) is 32.3 Å². The molecule has 1 aliphatic heterocycles.